The van der Waals surface area contributed by atoms with E-state index in [0.29, 0.717) is 19.7 Å². The molecule has 19 heavy (non-hydrogen) atoms. The van der Waals surface area contributed by atoms with E-state index in [-0.39, 0.29) is 18.6 Å². The Morgan fingerprint density at radius 2 is 2.32 bits per heavy atom. The summed E-state index contributed by atoms with van der Waals surface area (Å²) >= 11 is 0. The molecule has 1 fully saturated rings. The van der Waals surface area contributed by atoms with Crippen LogP contribution in [0.25, 0.3) is 0 Å². The molecular formula is C14H20N2O3. The Morgan fingerprint density at radius 1 is 1.58 bits per heavy atom. The molecule has 1 aromatic carbocycles. The van der Waals surface area contributed by atoms with Gasteiger partial charge in [0.2, 0.25) is 5.91 Å². The van der Waals surface area contributed by atoms with Crippen LogP contribution in [0, 0.1) is 6.92 Å². The lowest BCUT2D eigenvalue weighted by Crippen LogP contribution is -2.50. The van der Waals surface area contributed by atoms with Crippen LogP contribution in [0.3, 0.4) is 0 Å². The van der Waals surface area contributed by atoms with Crippen molar-refractivity contribution >= 4 is 5.91 Å². The van der Waals surface area contributed by atoms with Gasteiger partial charge < -0.3 is 20.5 Å². The van der Waals surface area contributed by atoms with Crippen molar-refractivity contribution in [1.29, 1.82) is 0 Å². The smallest absolute Gasteiger partial charge is 0.242 e. The molecule has 1 aliphatic heterocycles. The number of aryl methyl sites for hydroxylation is 1. The van der Waals surface area contributed by atoms with Gasteiger partial charge in [0.1, 0.15) is 12.1 Å². The van der Waals surface area contributed by atoms with Gasteiger partial charge in [-0.25, -0.2) is 0 Å². The van der Waals surface area contributed by atoms with Crippen LogP contribution in [0.15, 0.2) is 24.3 Å². The molecule has 5 nitrogen and oxygen atoms in total. The van der Waals surface area contributed by atoms with Gasteiger partial charge in [-0.05, 0) is 18.1 Å². The lowest BCUT2D eigenvalue weighted by atomic mass is 10.0. The summed E-state index contributed by atoms with van der Waals surface area (Å²) in [5, 5.41) is 8.96. The maximum atomic E-state index is 12.0. The fourth-order valence-electron chi connectivity index (χ4n) is 2.30. The molecule has 104 valence electrons. The average Bonchev–Trinajstić information content (AvgIpc) is 2.46. The molecule has 1 saturated heterocycles. The van der Waals surface area contributed by atoms with Crippen molar-refractivity contribution in [2.24, 2.45) is 5.73 Å². The van der Waals surface area contributed by atoms with Crippen LogP contribution in [0.1, 0.15) is 17.2 Å². The highest BCUT2D eigenvalue weighted by Gasteiger charge is 2.28. The van der Waals surface area contributed by atoms with E-state index >= 15 is 0 Å². The van der Waals surface area contributed by atoms with Gasteiger partial charge in [0.15, 0.2) is 0 Å². The highest BCUT2D eigenvalue weighted by molar-refractivity contribution is 5.81. The Labute approximate surface area is 113 Å². The number of amides is 1. The molecule has 0 bridgehead atoms. The zero-order chi connectivity index (χ0) is 13.8. The van der Waals surface area contributed by atoms with Gasteiger partial charge >= 0.3 is 0 Å². The van der Waals surface area contributed by atoms with E-state index < -0.39 is 6.04 Å². The van der Waals surface area contributed by atoms with Gasteiger partial charge in [0, 0.05) is 6.54 Å². The van der Waals surface area contributed by atoms with Crippen molar-refractivity contribution in [3.63, 3.8) is 0 Å². The molecule has 3 N–H and O–H groups in total. The van der Waals surface area contributed by atoms with Crippen molar-refractivity contribution in [2.45, 2.75) is 19.1 Å². The molecular weight excluding hydrogens is 244 g/mol. The fourth-order valence-corrected chi connectivity index (χ4v) is 2.30. The minimum atomic E-state index is -0.837. The van der Waals surface area contributed by atoms with E-state index in [1.807, 2.05) is 31.2 Å². The number of nitrogens with two attached hydrogens (primary N) is 1. The van der Waals surface area contributed by atoms with Gasteiger partial charge in [-0.15, -0.1) is 0 Å². The van der Waals surface area contributed by atoms with Crippen molar-refractivity contribution < 1.29 is 14.6 Å². The van der Waals surface area contributed by atoms with Gasteiger partial charge in [0.25, 0.3) is 0 Å². The van der Waals surface area contributed by atoms with E-state index in [2.05, 4.69) is 0 Å². The predicted molar refractivity (Wildman–Crippen MR) is 71.5 cm³/mol. The Balaban J connectivity index is 2.09. The first-order valence-electron chi connectivity index (χ1n) is 6.46. The van der Waals surface area contributed by atoms with E-state index in [0.717, 1.165) is 11.1 Å². The number of carbonyl (C=O) groups is 1. The number of aliphatic hydroxyl groups is 1. The molecule has 0 spiro atoms. The molecule has 1 aliphatic rings. The molecule has 2 unspecified atom stereocenters. The van der Waals surface area contributed by atoms with Gasteiger partial charge in [-0.3, -0.25) is 4.79 Å². The quantitative estimate of drug-likeness (QED) is 0.818. The van der Waals surface area contributed by atoms with Gasteiger partial charge in [-0.2, -0.15) is 0 Å². The van der Waals surface area contributed by atoms with Crippen LogP contribution in [0.5, 0.6) is 0 Å². The largest absolute Gasteiger partial charge is 0.394 e. The summed E-state index contributed by atoms with van der Waals surface area (Å²) in [5.41, 5.74) is 7.82. The second kappa shape index (κ2) is 6.14. The van der Waals surface area contributed by atoms with Crippen LogP contribution in [-0.2, 0) is 9.53 Å². The monoisotopic (exact) mass is 264 g/mol. The second-order valence-corrected chi connectivity index (χ2v) is 4.79. The lowest BCUT2D eigenvalue weighted by molar-refractivity contribution is -0.141. The summed E-state index contributed by atoms with van der Waals surface area (Å²) in [7, 11) is 0. The van der Waals surface area contributed by atoms with Crippen molar-refractivity contribution in [3.8, 4) is 0 Å². The van der Waals surface area contributed by atoms with Crippen LogP contribution in [0.2, 0.25) is 0 Å². The number of carbonyl (C=O) groups excluding carboxylic acids is 1. The number of hydrogen-bond acceptors (Lipinski definition) is 4. The third-order valence-corrected chi connectivity index (χ3v) is 3.43. The Hall–Kier alpha value is -1.43. The fraction of sp³-hybridized carbons (Fsp3) is 0.500. The zero-order valence-electron chi connectivity index (χ0n) is 11.1. The summed E-state index contributed by atoms with van der Waals surface area (Å²) in [6, 6.07) is 7.15. The number of ether oxygens (including phenoxy) is 1. The summed E-state index contributed by atoms with van der Waals surface area (Å²) < 4.78 is 5.74. The number of hydrogen-bond donors (Lipinski definition) is 2. The molecule has 5 heteroatoms. The zero-order valence-corrected chi connectivity index (χ0v) is 11.1. The van der Waals surface area contributed by atoms with E-state index in [1.54, 1.807) is 4.90 Å². The number of aliphatic hydroxyl groups excluding tert-OH is 1. The highest BCUT2D eigenvalue weighted by Crippen LogP contribution is 2.25. The number of nitrogens with zero attached hydrogens (tertiary/aromatic N) is 1. The highest BCUT2D eigenvalue weighted by atomic mass is 16.5. The number of morpholine rings is 1. The Kier molecular flexibility index (Phi) is 4.52. The van der Waals surface area contributed by atoms with Crippen LogP contribution in [0.4, 0.5) is 0 Å². The molecule has 2 atom stereocenters. The summed E-state index contributed by atoms with van der Waals surface area (Å²) in [6.07, 6.45) is -0.121. The van der Waals surface area contributed by atoms with Gasteiger partial charge in [0.05, 0.1) is 19.8 Å². The molecule has 2 rings (SSSR count). The Morgan fingerprint density at radius 3 is 3.00 bits per heavy atom. The SMILES string of the molecule is Cc1ccccc1C1CN(C(=O)C(N)CO)CCO1. The topological polar surface area (TPSA) is 75.8 Å². The Bertz CT molecular complexity index is 450. The maximum Gasteiger partial charge on any atom is 0.242 e. The van der Waals surface area contributed by atoms with E-state index in [4.69, 9.17) is 15.6 Å². The minimum absolute atomic E-state index is 0.121. The molecule has 1 amide bonds. The molecule has 1 aromatic rings. The third kappa shape index (κ3) is 3.12. The molecule has 0 aliphatic carbocycles. The van der Waals surface area contributed by atoms with Gasteiger partial charge in [-0.1, -0.05) is 24.3 Å². The summed E-state index contributed by atoms with van der Waals surface area (Å²) in [4.78, 5) is 13.6. The predicted octanol–water partition coefficient (Wildman–Crippen LogP) is 0.215. The standard InChI is InChI=1S/C14H20N2O3/c1-10-4-2-3-5-11(10)13-8-16(6-7-19-13)14(18)12(15)9-17/h2-5,12-13,17H,6-9,15H2,1H3. The minimum Gasteiger partial charge on any atom is -0.394 e. The van der Waals surface area contributed by atoms with Crippen LogP contribution < -0.4 is 5.73 Å². The van der Waals surface area contributed by atoms with Crippen molar-refractivity contribution in [1.82, 2.24) is 4.90 Å². The second-order valence-electron chi connectivity index (χ2n) is 4.79. The summed E-state index contributed by atoms with van der Waals surface area (Å²) in [6.45, 7) is 3.19. The third-order valence-electron chi connectivity index (χ3n) is 3.43. The first kappa shape index (κ1) is 14.0. The number of rotatable bonds is 3. The molecule has 1 heterocycles. The average molecular weight is 264 g/mol. The number of benzene rings is 1. The first-order valence-corrected chi connectivity index (χ1v) is 6.46. The normalized spacial score (nSPS) is 21.2. The first-order chi connectivity index (χ1) is 9.13. The molecule has 0 aromatic heterocycles. The van der Waals surface area contributed by atoms with Crippen LogP contribution >= 0.6 is 0 Å². The van der Waals surface area contributed by atoms with E-state index in [9.17, 15) is 4.79 Å². The van der Waals surface area contributed by atoms with Crippen LogP contribution in [-0.4, -0.2) is 48.3 Å². The molecule has 0 radical (unpaired) electrons. The van der Waals surface area contributed by atoms with Crippen molar-refractivity contribution in [2.75, 3.05) is 26.3 Å². The maximum absolute atomic E-state index is 12.0. The lowest BCUT2D eigenvalue weighted by Gasteiger charge is -2.34. The van der Waals surface area contributed by atoms with Crippen molar-refractivity contribution in [3.05, 3.63) is 35.4 Å². The molecule has 0 saturated carbocycles. The summed E-state index contributed by atoms with van der Waals surface area (Å²) in [5.74, 6) is -0.218. The van der Waals surface area contributed by atoms with E-state index in [1.165, 1.54) is 0 Å².